The molecule has 194 valence electrons. The first-order chi connectivity index (χ1) is 18.4. The van der Waals surface area contributed by atoms with Crippen molar-refractivity contribution in [3.63, 3.8) is 0 Å². The third-order valence-corrected chi connectivity index (χ3v) is 6.41. The Morgan fingerprint density at radius 2 is 1.61 bits per heavy atom. The molecule has 2 aromatic heterocycles. The van der Waals surface area contributed by atoms with Gasteiger partial charge in [-0.2, -0.15) is 0 Å². The summed E-state index contributed by atoms with van der Waals surface area (Å²) in [7, 11) is 0. The van der Waals surface area contributed by atoms with Crippen molar-refractivity contribution in [3.05, 3.63) is 77.9 Å². The average Bonchev–Trinajstić information content (AvgIpc) is 3.28. The second-order valence-corrected chi connectivity index (χ2v) is 9.57. The van der Waals surface area contributed by atoms with Crippen LogP contribution in [0, 0.1) is 13.8 Å². The normalized spacial score (nSPS) is 11.3. The number of ether oxygens (including phenoxy) is 2. The third kappa shape index (κ3) is 4.92. The molecule has 5 aromatic rings. The molecule has 0 unspecified atom stereocenters. The minimum Gasteiger partial charge on any atom is -0.491 e. The molecule has 0 bridgehead atoms. The molecule has 1 N–H and O–H groups in total. The molecule has 0 aliphatic carbocycles. The van der Waals surface area contributed by atoms with Crippen LogP contribution in [-0.2, 0) is 9.53 Å². The predicted octanol–water partition coefficient (Wildman–Crippen LogP) is 6.60. The number of nitrogens with one attached hydrogen (secondary N) is 1. The van der Waals surface area contributed by atoms with E-state index in [9.17, 15) is 4.79 Å². The van der Waals surface area contributed by atoms with Crippen molar-refractivity contribution in [2.24, 2.45) is 0 Å². The fourth-order valence-corrected chi connectivity index (χ4v) is 4.52. The smallest absolute Gasteiger partial charge is 0.325 e. The van der Waals surface area contributed by atoms with E-state index in [1.165, 1.54) is 0 Å². The van der Waals surface area contributed by atoms with Gasteiger partial charge in [-0.05, 0) is 82.1 Å². The maximum atomic E-state index is 12.4. The largest absolute Gasteiger partial charge is 0.491 e. The van der Waals surface area contributed by atoms with Gasteiger partial charge in [0.15, 0.2) is 5.65 Å². The Balaban J connectivity index is 1.79. The Bertz CT molecular complexity index is 1610. The first-order valence-electron chi connectivity index (χ1n) is 12.9. The number of nitrogens with zero attached hydrogens (tertiary/aromatic N) is 3. The summed E-state index contributed by atoms with van der Waals surface area (Å²) in [6, 6.07) is 22.1. The van der Waals surface area contributed by atoms with Gasteiger partial charge in [-0.15, -0.1) is 0 Å². The molecule has 0 aliphatic heterocycles. The van der Waals surface area contributed by atoms with Crippen molar-refractivity contribution < 1.29 is 14.3 Å². The van der Waals surface area contributed by atoms with Crippen molar-refractivity contribution in [3.8, 4) is 28.3 Å². The first-order valence-corrected chi connectivity index (χ1v) is 12.9. The van der Waals surface area contributed by atoms with Crippen molar-refractivity contribution in [1.29, 1.82) is 0 Å². The highest BCUT2D eigenvalue weighted by atomic mass is 16.5. The van der Waals surface area contributed by atoms with Gasteiger partial charge in [0.25, 0.3) is 0 Å². The molecule has 2 heterocycles. The number of carbonyl (C=O) groups excluding carboxylic acids is 1. The number of esters is 1. The van der Waals surface area contributed by atoms with Crippen molar-refractivity contribution in [2.75, 3.05) is 18.5 Å². The highest BCUT2D eigenvalue weighted by Gasteiger charge is 2.22. The molecule has 0 spiro atoms. The van der Waals surface area contributed by atoms with E-state index in [0.717, 1.165) is 50.4 Å². The fourth-order valence-electron chi connectivity index (χ4n) is 4.52. The standard InChI is InChI=1S/C31H32N4O3/c1-6-37-27(36)18-32-30-28(23-12-14-24(15-13-23)38-19(2)3)34-31-29(22-10-8-7-9-11-22)33-25-16-20(4)21(5)17-26(25)35(30)31/h7-17,19,32H,6,18H2,1-5H3. The summed E-state index contributed by atoms with van der Waals surface area (Å²) in [6.45, 7) is 10.3. The molecule has 7 nitrogen and oxygen atoms in total. The lowest BCUT2D eigenvalue weighted by atomic mass is 10.1. The van der Waals surface area contributed by atoms with Crippen LogP contribution in [0.5, 0.6) is 5.75 Å². The summed E-state index contributed by atoms with van der Waals surface area (Å²) < 4.78 is 13.1. The molecule has 0 saturated heterocycles. The average molecular weight is 509 g/mol. The number of hydrogen-bond donors (Lipinski definition) is 1. The number of fused-ring (bicyclic) bond motifs is 3. The monoisotopic (exact) mass is 508 g/mol. The molecule has 0 amide bonds. The van der Waals surface area contributed by atoms with Crippen LogP contribution in [0.3, 0.4) is 0 Å². The zero-order valence-electron chi connectivity index (χ0n) is 22.4. The Hall–Kier alpha value is -4.39. The molecule has 0 radical (unpaired) electrons. The van der Waals surface area contributed by atoms with E-state index in [1.54, 1.807) is 6.92 Å². The quantitative estimate of drug-likeness (QED) is 0.238. The Labute approximate surface area is 222 Å². The van der Waals surface area contributed by atoms with E-state index >= 15 is 0 Å². The maximum absolute atomic E-state index is 12.4. The molecule has 0 atom stereocenters. The van der Waals surface area contributed by atoms with E-state index < -0.39 is 0 Å². The molecule has 0 aliphatic rings. The lowest BCUT2D eigenvalue weighted by Gasteiger charge is -2.14. The van der Waals surface area contributed by atoms with Gasteiger partial charge in [-0.1, -0.05) is 30.3 Å². The molecule has 7 heteroatoms. The highest BCUT2D eigenvalue weighted by Crippen LogP contribution is 2.36. The van der Waals surface area contributed by atoms with E-state index in [1.807, 2.05) is 68.4 Å². The van der Waals surface area contributed by atoms with Crippen molar-refractivity contribution >= 4 is 28.5 Å². The van der Waals surface area contributed by atoms with Crippen LogP contribution < -0.4 is 10.1 Å². The molecule has 5 rings (SSSR count). The molecule has 3 aromatic carbocycles. The van der Waals surface area contributed by atoms with Crippen LogP contribution in [0.2, 0.25) is 0 Å². The van der Waals surface area contributed by atoms with Crippen LogP contribution in [0.25, 0.3) is 39.2 Å². The highest BCUT2D eigenvalue weighted by molar-refractivity contribution is 5.93. The lowest BCUT2D eigenvalue weighted by molar-refractivity contribution is -0.140. The van der Waals surface area contributed by atoms with E-state index in [4.69, 9.17) is 19.4 Å². The topological polar surface area (TPSA) is 77.8 Å². The zero-order chi connectivity index (χ0) is 26.8. The number of carbonyl (C=O) groups is 1. The molecule has 0 saturated carbocycles. The first kappa shape index (κ1) is 25.3. The Morgan fingerprint density at radius 1 is 0.921 bits per heavy atom. The number of rotatable bonds is 8. The molecule has 0 fully saturated rings. The minimum atomic E-state index is -0.331. The van der Waals surface area contributed by atoms with Crippen molar-refractivity contribution in [1.82, 2.24) is 14.4 Å². The number of aryl methyl sites for hydroxylation is 2. The summed E-state index contributed by atoms with van der Waals surface area (Å²) in [6.07, 6.45) is 0.0791. The van der Waals surface area contributed by atoms with Crippen LogP contribution in [0.15, 0.2) is 66.7 Å². The fraction of sp³-hybridized carbons (Fsp3) is 0.258. The SMILES string of the molecule is CCOC(=O)CNc1c(-c2ccc(OC(C)C)cc2)nc2c(-c3ccccc3)nc3cc(C)c(C)cc3n12. The molecule has 38 heavy (non-hydrogen) atoms. The number of imidazole rings is 1. The van der Waals surface area contributed by atoms with Gasteiger partial charge in [0.1, 0.15) is 29.5 Å². The van der Waals surface area contributed by atoms with Crippen molar-refractivity contribution in [2.45, 2.75) is 40.7 Å². The van der Waals surface area contributed by atoms with Gasteiger partial charge in [0.05, 0.1) is 23.7 Å². The number of anilines is 1. The summed E-state index contributed by atoms with van der Waals surface area (Å²) in [5, 5.41) is 3.34. The summed E-state index contributed by atoms with van der Waals surface area (Å²) >= 11 is 0. The van der Waals surface area contributed by atoms with Gasteiger partial charge in [0, 0.05) is 11.1 Å². The lowest BCUT2D eigenvalue weighted by Crippen LogP contribution is -2.18. The molecular weight excluding hydrogens is 476 g/mol. The summed E-state index contributed by atoms with van der Waals surface area (Å²) in [5.74, 6) is 1.16. The summed E-state index contributed by atoms with van der Waals surface area (Å²) in [4.78, 5) is 22.6. The van der Waals surface area contributed by atoms with Gasteiger partial charge < -0.3 is 14.8 Å². The Kier molecular flexibility index (Phi) is 7.01. The number of benzene rings is 3. The van der Waals surface area contributed by atoms with Gasteiger partial charge in [-0.3, -0.25) is 9.20 Å². The predicted molar refractivity (Wildman–Crippen MR) is 152 cm³/mol. The molecular formula is C31H32N4O3. The van der Waals surface area contributed by atoms with Crippen LogP contribution in [-0.4, -0.2) is 39.6 Å². The zero-order valence-corrected chi connectivity index (χ0v) is 22.4. The van der Waals surface area contributed by atoms with Gasteiger partial charge >= 0.3 is 5.97 Å². The van der Waals surface area contributed by atoms with E-state index in [0.29, 0.717) is 18.1 Å². The number of hydrogen-bond acceptors (Lipinski definition) is 6. The maximum Gasteiger partial charge on any atom is 0.325 e. The van der Waals surface area contributed by atoms with Crippen LogP contribution in [0.1, 0.15) is 31.9 Å². The van der Waals surface area contributed by atoms with Crippen LogP contribution in [0.4, 0.5) is 5.82 Å². The number of aromatic nitrogens is 3. The van der Waals surface area contributed by atoms with Gasteiger partial charge in [-0.25, -0.2) is 9.97 Å². The minimum absolute atomic E-state index is 0.0124. The van der Waals surface area contributed by atoms with Crippen LogP contribution >= 0.6 is 0 Å². The van der Waals surface area contributed by atoms with E-state index in [-0.39, 0.29) is 18.6 Å². The second kappa shape index (κ2) is 10.5. The third-order valence-electron chi connectivity index (χ3n) is 6.41. The second-order valence-electron chi connectivity index (χ2n) is 9.57. The van der Waals surface area contributed by atoms with E-state index in [2.05, 4.69) is 35.7 Å². The Morgan fingerprint density at radius 3 is 2.29 bits per heavy atom. The summed E-state index contributed by atoms with van der Waals surface area (Å²) in [5.41, 5.74) is 8.12. The van der Waals surface area contributed by atoms with Gasteiger partial charge in [0.2, 0.25) is 0 Å².